The molecule has 0 atom stereocenters. The van der Waals surface area contributed by atoms with Crippen LogP contribution < -0.4 is 4.90 Å². The van der Waals surface area contributed by atoms with Gasteiger partial charge >= 0.3 is 0 Å². The van der Waals surface area contributed by atoms with Gasteiger partial charge in [-0.25, -0.2) is 0 Å². The van der Waals surface area contributed by atoms with Crippen LogP contribution in [0.4, 0.5) is 5.69 Å². The van der Waals surface area contributed by atoms with Crippen LogP contribution in [-0.2, 0) is 20.1 Å². The zero-order valence-electron chi connectivity index (χ0n) is 25.3. The fourth-order valence-electron chi connectivity index (χ4n) is 5.45. The zero-order chi connectivity index (χ0) is 29.4. The number of para-hydroxylation sites is 2. The summed E-state index contributed by atoms with van der Waals surface area (Å²) >= 11 is 0. The molecule has 0 N–H and O–H groups in total. The second-order valence-corrected chi connectivity index (χ2v) is 11.2. The molecule has 6 aromatic rings. The molecule has 0 saturated carbocycles. The molecule has 0 saturated heterocycles. The molecule has 0 bridgehead atoms. The SMILES string of the molecule is CN1C=CN(c2[c-]cc3c(c2)oc2ccccc23)[CH-]1.Cc1nccc2c3ccccc3n(C([N-]C(C)C)[N-]C(C)C)c12.[Ir]. The molecule has 7 rings (SSSR count). The Labute approximate surface area is 266 Å². The third kappa shape index (κ3) is 6.20. The molecule has 0 fully saturated rings. The first kappa shape index (κ1) is 30.8. The molecule has 4 heterocycles. The molecule has 3 aromatic heterocycles. The smallest absolute Gasteiger partial charge is 0.120 e. The number of fused-ring (bicyclic) bond motifs is 6. The van der Waals surface area contributed by atoms with Crippen LogP contribution in [0.3, 0.4) is 0 Å². The molecule has 0 unspecified atom stereocenters. The molecular formula is C35H36IrN6O-4. The van der Waals surface area contributed by atoms with Crippen molar-refractivity contribution in [2.45, 2.75) is 53.0 Å². The molecule has 3 aromatic carbocycles. The Balaban J connectivity index is 0.000000170. The van der Waals surface area contributed by atoms with E-state index in [4.69, 9.17) is 15.1 Å². The summed E-state index contributed by atoms with van der Waals surface area (Å²) in [4.78, 5) is 8.52. The minimum Gasteiger partial charge on any atom is -0.658 e. The van der Waals surface area contributed by atoms with E-state index in [1.807, 2.05) is 72.4 Å². The number of furan rings is 1. The monoisotopic (exact) mass is 749 g/mol. The van der Waals surface area contributed by atoms with Gasteiger partial charge < -0.3 is 29.4 Å². The number of rotatable bonds is 6. The number of anilines is 1. The summed E-state index contributed by atoms with van der Waals surface area (Å²) in [7, 11) is 2.00. The van der Waals surface area contributed by atoms with Gasteiger partial charge in [-0.1, -0.05) is 69.5 Å². The average Bonchev–Trinajstić information content (AvgIpc) is 3.66. The number of aryl methyl sites for hydroxylation is 1. The van der Waals surface area contributed by atoms with Crippen molar-refractivity contribution < 1.29 is 24.5 Å². The van der Waals surface area contributed by atoms with Crippen LogP contribution in [0.25, 0.3) is 54.4 Å². The first-order valence-corrected chi connectivity index (χ1v) is 14.4. The number of aromatic nitrogens is 2. The summed E-state index contributed by atoms with van der Waals surface area (Å²) in [6, 6.07) is 26.4. The number of benzene rings is 3. The number of nitrogens with zero attached hydrogens (tertiary/aromatic N) is 6. The van der Waals surface area contributed by atoms with Gasteiger partial charge in [0.15, 0.2) is 0 Å². The van der Waals surface area contributed by atoms with Crippen LogP contribution in [0.1, 0.15) is 39.7 Å². The van der Waals surface area contributed by atoms with Crippen molar-refractivity contribution in [3.05, 3.63) is 114 Å². The third-order valence-electron chi connectivity index (χ3n) is 7.24. The molecule has 1 aliphatic rings. The summed E-state index contributed by atoms with van der Waals surface area (Å²) in [6.07, 6.45) is 5.65. The Morgan fingerprint density at radius 1 is 0.837 bits per heavy atom. The van der Waals surface area contributed by atoms with Gasteiger partial charge in [0.25, 0.3) is 0 Å². The average molecular weight is 749 g/mol. The largest absolute Gasteiger partial charge is 0.658 e. The van der Waals surface area contributed by atoms with Crippen LogP contribution in [0.2, 0.25) is 0 Å². The van der Waals surface area contributed by atoms with Crippen molar-refractivity contribution in [1.29, 1.82) is 0 Å². The van der Waals surface area contributed by atoms with Crippen LogP contribution in [0.15, 0.2) is 89.7 Å². The van der Waals surface area contributed by atoms with Gasteiger partial charge in [-0.3, -0.25) is 4.98 Å². The predicted octanol–water partition coefficient (Wildman–Crippen LogP) is 9.24. The second kappa shape index (κ2) is 12.9. The van der Waals surface area contributed by atoms with Gasteiger partial charge in [-0.05, 0) is 50.0 Å². The zero-order valence-corrected chi connectivity index (χ0v) is 27.7. The predicted molar refractivity (Wildman–Crippen MR) is 174 cm³/mol. The van der Waals surface area contributed by atoms with E-state index in [-0.39, 0.29) is 38.5 Å². The van der Waals surface area contributed by atoms with Gasteiger partial charge in [0.05, 0.1) is 11.2 Å². The number of hydrogen-bond acceptors (Lipinski definition) is 4. The standard InChI is InChI=1S/C19H24N4.C16H12N2O.Ir/c1-12(2)21-19(22-13(3)4)23-17-9-7-6-8-15(17)16-10-11-20-14(5)18(16)23;1-17-8-9-18(11-17)12-6-7-14-13-4-2-3-5-15(13)19-16(14)10-12;/h6-13,19H,1-5H3;2-5,7-11H,1H3;/q2*-2;. The minimum absolute atomic E-state index is 0. The molecule has 0 amide bonds. The van der Waals surface area contributed by atoms with Gasteiger partial charge in [0, 0.05) is 48.2 Å². The normalized spacial score (nSPS) is 13.2. The Kier molecular flexibility index (Phi) is 9.23. The molecule has 0 aliphatic carbocycles. The van der Waals surface area contributed by atoms with Crippen molar-refractivity contribution >= 4 is 49.4 Å². The first-order chi connectivity index (χ1) is 20.3. The third-order valence-corrected chi connectivity index (χ3v) is 7.24. The molecule has 0 spiro atoms. The topological polar surface area (TPSA) is 65.6 Å². The number of pyridine rings is 1. The maximum atomic E-state index is 5.88. The fraction of sp³-hybridized carbons (Fsp3) is 0.257. The molecule has 43 heavy (non-hydrogen) atoms. The van der Waals surface area contributed by atoms with E-state index >= 15 is 0 Å². The van der Waals surface area contributed by atoms with Crippen molar-refractivity contribution in [1.82, 2.24) is 14.5 Å². The van der Waals surface area contributed by atoms with Crippen molar-refractivity contribution in [2.24, 2.45) is 0 Å². The van der Waals surface area contributed by atoms with Crippen molar-refractivity contribution in [2.75, 3.05) is 11.9 Å². The van der Waals surface area contributed by atoms with Gasteiger partial charge in [-0.2, -0.15) is 25.1 Å². The van der Waals surface area contributed by atoms with E-state index in [0.29, 0.717) is 0 Å². The molecule has 8 heteroatoms. The Bertz CT molecular complexity index is 1880. The fourth-order valence-corrected chi connectivity index (χ4v) is 5.45. The van der Waals surface area contributed by atoms with E-state index in [2.05, 4.69) is 86.6 Å². The summed E-state index contributed by atoms with van der Waals surface area (Å²) < 4.78 is 8.12. The van der Waals surface area contributed by atoms with Crippen LogP contribution in [0, 0.1) is 19.7 Å². The number of hydrogen-bond donors (Lipinski definition) is 0. The molecule has 1 aliphatic heterocycles. The Morgan fingerprint density at radius 3 is 2.23 bits per heavy atom. The van der Waals surface area contributed by atoms with Crippen LogP contribution >= 0.6 is 0 Å². The molecule has 7 nitrogen and oxygen atoms in total. The molecular weight excluding hydrogens is 713 g/mol. The maximum absolute atomic E-state index is 5.88. The van der Waals surface area contributed by atoms with Gasteiger partial charge in [0.1, 0.15) is 5.58 Å². The van der Waals surface area contributed by atoms with E-state index in [1.165, 1.54) is 10.8 Å². The summed E-state index contributed by atoms with van der Waals surface area (Å²) in [5.74, 6) is 0. The van der Waals surface area contributed by atoms with Crippen molar-refractivity contribution in [3.63, 3.8) is 0 Å². The molecule has 225 valence electrons. The van der Waals surface area contributed by atoms with E-state index in [0.717, 1.165) is 44.4 Å². The summed E-state index contributed by atoms with van der Waals surface area (Å²) in [6.45, 7) is 12.5. The van der Waals surface area contributed by atoms with Gasteiger partial charge in [-0.15, -0.1) is 23.8 Å². The van der Waals surface area contributed by atoms with Gasteiger partial charge in [0.2, 0.25) is 0 Å². The summed E-state index contributed by atoms with van der Waals surface area (Å²) in [5.41, 5.74) is 6.10. The summed E-state index contributed by atoms with van der Waals surface area (Å²) in [5, 5.41) is 14.4. The quantitative estimate of drug-likeness (QED) is 0.159. The van der Waals surface area contributed by atoms with Crippen LogP contribution in [0.5, 0.6) is 0 Å². The van der Waals surface area contributed by atoms with E-state index in [1.54, 1.807) is 0 Å². The van der Waals surface area contributed by atoms with Crippen LogP contribution in [-0.4, -0.2) is 33.6 Å². The van der Waals surface area contributed by atoms with E-state index < -0.39 is 0 Å². The minimum atomic E-state index is -0.222. The second-order valence-electron chi connectivity index (χ2n) is 11.2. The first-order valence-electron chi connectivity index (χ1n) is 14.4. The maximum Gasteiger partial charge on any atom is 0.120 e. The molecule has 1 radical (unpaired) electrons. The van der Waals surface area contributed by atoms with Crippen molar-refractivity contribution in [3.8, 4) is 0 Å². The Morgan fingerprint density at radius 2 is 1.53 bits per heavy atom. The Hall–Kier alpha value is -3.68. The van der Waals surface area contributed by atoms with E-state index in [9.17, 15) is 0 Å².